The topological polar surface area (TPSA) is 97.0 Å². The Balaban J connectivity index is 1.98. The number of aromatic nitrogens is 1. The minimum absolute atomic E-state index is 0.232. The van der Waals surface area contributed by atoms with Gasteiger partial charge in [-0.15, -0.1) is 0 Å². The van der Waals surface area contributed by atoms with Gasteiger partial charge in [-0.2, -0.15) is 0 Å². The van der Waals surface area contributed by atoms with Crippen molar-refractivity contribution < 1.29 is 20.4 Å². The Morgan fingerprint density at radius 2 is 2.00 bits per heavy atom. The maximum absolute atomic E-state index is 9.85. The molecule has 6 nitrogen and oxygen atoms in total. The van der Waals surface area contributed by atoms with Crippen molar-refractivity contribution in [2.45, 2.75) is 30.8 Å². The van der Waals surface area contributed by atoms with Crippen LogP contribution in [0.2, 0.25) is 0 Å². The standard InChI is InChI=1S/C13H20N2O4/c16-8-10-12(18)13(19)11(17)7-15(10)6-4-9-3-1-2-5-14-9/h1-3,5,10-13,16-19H,4,6-8H2/t10-,11?,12?,13?/m0/s1. The summed E-state index contributed by atoms with van der Waals surface area (Å²) < 4.78 is 0. The number of rotatable bonds is 4. The third kappa shape index (κ3) is 3.29. The lowest BCUT2D eigenvalue weighted by molar-refractivity contribution is -0.144. The van der Waals surface area contributed by atoms with E-state index < -0.39 is 24.4 Å². The summed E-state index contributed by atoms with van der Waals surface area (Å²) in [6, 6.07) is 5.09. The predicted molar refractivity (Wildman–Crippen MR) is 68.4 cm³/mol. The summed E-state index contributed by atoms with van der Waals surface area (Å²) in [5.74, 6) is 0. The molecule has 4 N–H and O–H groups in total. The van der Waals surface area contributed by atoms with Gasteiger partial charge in [0.25, 0.3) is 0 Å². The monoisotopic (exact) mass is 268 g/mol. The molecule has 6 heteroatoms. The van der Waals surface area contributed by atoms with Gasteiger partial charge in [-0.3, -0.25) is 9.88 Å². The number of pyridine rings is 1. The number of hydrogen-bond donors (Lipinski definition) is 4. The molecule has 2 rings (SSSR count). The van der Waals surface area contributed by atoms with Crippen LogP contribution in [-0.4, -0.2) is 74.4 Å². The molecule has 19 heavy (non-hydrogen) atoms. The summed E-state index contributed by atoms with van der Waals surface area (Å²) in [5.41, 5.74) is 0.911. The second-order valence-corrected chi connectivity index (χ2v) is 4.86. The van der Waals surface area contributed by atoms with Crippen molar-refractivity contribution in [1.29, 1.82) is 0 Å². The zero-order chi connectivity index (χ0) is 13.8. The lowest BCUT2D eigenvalue weighted by Gasteiger charge is -2.43. The number of aliphatic hydroxyl groups excluding tert-OH is 4. The number of piperidine rings is 1. The van der Waals surface area contributed by atoms with E-state index in [1.54, 1.807) is 11.1 Å². The van der Waals surface area contributed by atoms with Crippen LogP contribution >= 0.6 is 0 Å². The summed E-state index contributed by atoms with van der Waals surface area (Å²) in [5, 5.41) is 38.5. The second-order valence-electron chi connectivity index (χ2n) is 4.86. The van der Waals surface area contributed by atoms with Crippen LogP contribution in [0.25, 0.3) is 0 Å². The third-order valence-electron chi connectivity index (χ3n) is 3.60. The van der Waals surface area contributed by atoms with Gasteiger partial charge in [-0.05, 0) is 12.1 Å². The first-order valence-electron chi connectivity index (χ1n) is 6.42. The first kappa shape index (κ1) is 14.4. The number of nitrogens with zero attached hydrogens (tertiary/aromatic N) is 2. The molecule has 1 saturated heterocycles. The summed E-state index contributed by atoms with van der Waals surface area (Å²) >= 11 is 0. The summed E-state index contributed by atoms with van der Waals surface area (Å²) in [6.07, 6.45) is -0.975. The molecule has 0 aromatic carbocycles. The molecular weight excluding hydrogens is 248 g/mol. The van der Waals surface area contributed by atoms with E-state index in [4.69, 9.17) is 0 Å². The van der Waals surface area contributed by atoms with Gasteiger partial charge in [-0.25, -0.2) is 0 Å². The first-order valence-corrected chi connectivity index (χ1v) is 6.42. The van der Waals surface area contributed by atoms with Crippen LogP contribution in [0.3, 0.4) is 0 Å². The molecule has 1 aliphatic heterocycles. The normalized spacial score (nSPS) is 32.4. The van der Waals surface area contributed by atoms with Crippen molar-refractivity contribution in [1.82, 2.24) is 9.88 Å². The van der Waals surface area contributed by atoms with Crippen molar-refractivity contribution >= 4 is 0 Å². The molecule has 1 aromatic rings. The average molecular weight is 268 g/mol. The fourth-order valence-corrected chi connectivity index (χ4v) is 2.44. The average Bonchev–Trinajstić information content (AvgIpc) is 2.44. The quantitative estimate of drug-likeness (QED) is 0.524. The van der Waals surface area contributed by atoms with Crippen molar-refractivity contribution in [2.75, 3.05) is 19.7 Å². The number of β-amino-alcohol motifs (C(OH)–C–C–N with tert-alkyl or cyclic N) is 1. The SMILES string of the molecule is OC[C@H]1C(O)C(O)C(O)CN1CCc1ccccn1. The molecule has 0 saturated carbocycles. The number of hydrogen-bond acceptors (Lipinski definition) is 6. The Labute approximate surface area is 112 Å². The highest BCUT2D eigenvalue weighted by Crippen LogP contribution is 2.19. The van der Waals surface area contributed by atoms with Gasteiger partial charge in [0.2, 0.25) is 0 Å². The van der Waals surface area contributed by atoms with Crippen molar-refractivity contribution in [3.63, 3.8) is 0 Å². The molecule has 4 atom stereocenters. The molecule has 0 aliphatic carbocycles. The summed E-state index contributed by atoms with van der Waals surface area (Å²) in [6.45, 7) is 0.534. The first-order chi connectivity index (χ1) is 9.13. The largest absolute Gasteiger partial charge is 0.395 e. The molecule has 1 aromatic heterocycles. The fraction of sp³-hybridized carbons (Fsp3) is 0.615. The minimum Gasteiger partial charge on any atom is -0.395 e. The Hall–Kier alpha value is -1.05. The third-order valence-corrected chi connectivity index (χ3v) is 3.60. The van der Waals surface area contributed by atoms with Crippen LogP contribution < -0.4 is 0 Å². The molecule has 0 bridgehead atoms. The van der Waals surface area contributed by atoms with Crippen molar-refractivity contribution in [3.8, 4) is 0 Å². The van der Waals surface area contributed by atoms with Crippen LogP contribution in [0.1, 0.15) is 5.69 Å². The number of aliphatic hydroxyl groups is 4. The Morgan fingerprint density at radius 1 is 1.21 bits per heavy atom. The fourth-order valence-electron chi connectivity index (χ4n) is 2.44. The molecule has 3 unspecified atom stereocenters. The molecule has 1 aliphatic rings. The van der Waals surface area contributed by atoms with Gasteiger partial charge >= 0.3 is 0 Å². The van der Waals surface area contributed by atoms with Gasteiger partial charge in [-0.1, -0.05) is 6.07 Å². The zero-order valence-corrected chi connectivity index (χ0v) is 10.6. The van der Waals surface area contributed by atoms with Gasteiger partial charge in [0, 0.05) is 31.4 Å². The molecule has 2 heterocycles. The van der Waals surface area contributed by atoms with Crippen molar-refractivity contribution in [2.24, 2.45) is 0 Å². The molecular formula is C13H20N2O4. The van der Waals surface area contributed by atoms with Gasteiger partial charge < -0.3 is 20.4 Å². The Bertz CT molecular complexity index is 389. The number of likely N-dealkylation sites (tertiary alicyclic amines) is 1. The van der Waals surface area contributed by atoms with Crippen LogP contribution in [0, 0.1) is 0 Å². The van der Waals surface area contributed by atoms with Crippen LogP contribution in [0.4, 0.5) is 0 Å². The van der Waals surface area contributed by atoms with E-state index in [0.29, 0.717) is 13.0 Å². The molecule has 0 amide bonds. The van der Waals surface area contributed by atoms with Crippen LogP contribution in [0.15, 0.2) is 24.4 Å². The smallest absolute Gasteiger partial charge is 0.109 e. The second kappa shape index (κ2) is 6.40. The summed E-state index contributed by atoms with van der Waals surface area (Å²) in [7, 11) is 0. The zero-order valence-electron chi connectivity index (χ0n) is 10.6. The van der Waals surface area contributed by atoms with Crippen molar-refractivity contribution in [3.05, 3.63) is 30.1 Å². The lowest BCUT2D eigenvalue weighted by atomic mass is 9.94. The van der Waals surface area contributed by atoms with E-state index in [-0.39, 0.29) is 13.2 Å². The molecule has 0 spiro atoms. The molecule has 106 valence electrons. The van der Waals surface area contributed by atoms with E-state index in [0.717, 1.165) is 5.69 Å². The summed E-state index contributed by atoms with van der Waals surface area (Å²) in [4.78, 5) is 5.99. The maximum Gasteiger partial charge on any atom is 0.109 e. The van der Waals surface area contributed by atoms with Gasteiger partial charge in [0.05, 0.1) is 18.8 Å². The van der Waals surface area contributed by atoms with E-state index in [1.165, 1.54) is 0 Å². The van der Waals surface area contributed by atoms with E-state index in [2.05, 4.69) is 4.98 Å². The Morgan fingerprint density at radius 3 is 2.63 bits per heavy atom. The van der Waals surface area contributed by atoms with Gasteiger partial charge in [0.1, 0.15) is 12.2 Å². The highest BCUT2D eigenvalue weighted by Gasteiger charge is 2.40. The van der Waals surface area contributed by atoms with Crippen LogP contribution in [-0.2, 0) is 6.42 Å². The molecule has 0 radical (unpaired) electrons. The van der Waals surface area contributed by atoms with Gasteiger partial charge in [0.15, 0.2) is 0 Å². The van der Waals surface area contributed by atoms with E-state index >= 15 is 0 Å². The maximum atomic E-state index is 9.85. The Kier molecular flexibility index (Phi) is 4.84. The molecule has 1 fully saturated rings. The lowest BCUT2D eigenvalue weighted by Crippen LogP contribution is -2.62. The van der Waals surface area contributed by atoms with E-state index in [1.807, 2.05) is 18.2 Å². The highest BCUT2D eigenvalue weighted by molar-refractivity contribution is 5.04. The van der Waals surface area contributed by atoms with Crippen LogP contribution in [0.5, 0.6) is 0 Å². The minimum atomic E-state index is -1.21. The predicted octanol–water partition coefficient (Wildman–Crippen LogP) is -1.62. The van der Waals surface area contributed by atoms with E-state index in [9.17, 15) is 20.4 Å². The highest BCUT2D eigenvalue weighted by atomic mass is 16.4.